The summed E-state index contributed by atoms with van der Waals surface area (Å²) in [6.07, 6.45) is 2.03. The first kappa shape index (κ1) is 16.5. The van der Waals surface area contributed by atoms with Gasteiger partial charge in [0.1, 0.15) is 0 Å². The first-order valence-electron chi connectivity index (χ1n) is 6.32. The average molecular weight is 343 g/mol. The second-order valence-electron chi connectivity index (χ2n) is 4.83. The minimum absolute atomic E-state index is 0.0307. The molecule has 0 aliphatic heterocycles. The molecular formula is C14H12Cl2N2O4. The largest absolute Gasteiger partial charge is 0.388 e. The summed E-state index contributed by atoms with van der Waals surface area (Å²) in [6, 6.07) is 3.69. The van der Waals surface area contributed by atoms with Gasteiger partial charge >= 0.3 is 0 Å². The lowest BCUT2D eigenvalue weighted by atomic mass is 9.92. The van der Waals surface area contributed by atoms with Crippen molar-refractivity contribution in [3.63, 3.8) is 0 Å². The number of carbonyl (C=O) groups excluding carboxylic acids is 1. The summed E-state index contributed by atoms with van der Waals surface area (Å²) in [5, 5.41) is 23.6. The fourth-order valence-corrected chi connectivity index (χ4v) is 2.56. The first-order valence-corrected chi connectivity index (χ1v) is 7.07. The highest BCUT2D eigenvalue weighted by Crippen LogP contribution is 2.29. The van der Waals surface area contributed by atoms with Gasteiger partial charge in [0.05, 0.1) is 21.7 Å². The molecule has 1 aliphatic rings. The molecule has 1 unspecified atom stereocenters. The molecule has 0 spiro atoms. The number of anilines is 1. The quantitative estimate of drug-likeness (QED) is 0.651. The van der Waals surface area contributed by atoms with Gasteiger partial charge in [-0.25, -0.2) is 0 Å². The Morgan fingerprint density at radius 2 is 2.09 bits per heavy atom. The molecule has 2 rings (SSSR count). The number of halogens is 2. The summed E-state index contributed by atoms with van der Waals surface area (Å²) in [4.78, 5) is 22.3. The van der Waals surface area contributed by atoms with Gasteiger partial charge in [-0.2, -0.15) is 0 Å². The fourth-order valence-electron chi connectivity index (χ4n) is 2.02. The number of benzene rings is 1. The van der Waals surface area contributed by atoms with Crippen LogP contribution < -0.4 is 5.32 Å². The van der Waals surface area contributed by atoms with E-state index in [4.69, 9.17) is 23.2 Å². The van der Waals surface area contributed by atoms with E-state index in [9.17, 15) is 20.0 Å². The van der Waals surface area contributed by atoms with Crippen molar-refractivity contribution in [2.24, 2.45) is 5.92 Å². The maximum absolute atomic E-state index is 12.2. The molecule has 8 heteroatoms. The fraction of sp³-hybridized carbons (Fsp3) is 0.214. The van der Waals surface area contributed by atoms with E-state index in [0.29, 0.717) is 5.03 Å². The van der Waals surface area contributed by atoms with Crippen molar-refractivity contribution in [3.8, 4) is 0 Å². The summed E-state index contributed by atoms with van der Waals surface area (Å²) in [5.74, 6) is -0.869. The van der Waals surface area contributed by atoms with Crippen LogP contribution in [0.1, 0.15) is 6.92 Å². The number of amides is 1. The number of aliphatic hydroxyl groups is 1. The Labute approximate surface area is 136 Å². The summed E-state index contributed by atoms with van der Waals surface area (Å²) in [5.41, 5.74) is 0.137. The lowest BCUT2D eigenvalue weighted by molar-refractivity contribution is -0.384. The van der Waals surface area contributed by atoms with Crippen LogP contribution in [0.2, 0.25) is 5.02 Å². The normalized spacial score (nSPS) is 20.9. The van der Waals surface area contributed by atoms with Gasteiger partial charge in [-0.15, -0.1) is 0 Å². The van der Waals surface area contributed by atoms with E-state index >= 15 is 0 Å². The van der Waals surface area contributed by atoms with Gasteiger partial charge in [-0.3, -0.25) is 14.9 Å². The molecule has 22 heavy (non-hydrogen) atoms. The molecule has 0 bridgehead atoms. The molecule has 0 fully saturated rings. The average Bonchev–Trinajstić information content (AvgIpc) is 2.44. The monoisotopic (exact) mass is 342 g/mol. The highest BCUT2D eigenvalue weighted by molar-refractivity contribution is 6.34. The number of allylic oxidation sites excluding steroid dienone is 2. The van der Waals surface area contributed by atoms with Gasteiger partial charge in [0, 0.05) is 28.7 Å². The molecule has 0 radical (unpaired) electrons. The molecular weight excluding hydrogens is 331 g/mol. The Bertz CT molecular complexity index is 700. The topological polar surface area (TPSA) is 92.5 Å². The van der Waals surface area contributed by atoms with Gasteiger partial charge in [-0.1, -0.05) is 36.2 Å². The van der Waals surface area contributed by atoms with Gasteiger partial charge < -0.3 is 10.4 Å². The maximum Gasteiger partial charge on any atom is 0.271 e. The molecule has 116 valence electrons. The van der Waals surface area contributed by atoms with Crippen LogP contribution >= 0.6 is 23.2 Å². The van der Waals surface area contributed by atoms with Gasteiger partial charge in [0.2, 0.25) is 0 Å². The number of rotatable bonds is 3. The zero-order valence-corrected chi connectivity index (χ0v) is 12.9. The molecule has 0 heterocycles. The first-order chi connectivity index (χ1) is 10.3. The van der Waals surface area contributed by atoms with E-state index in [0.717, 1.165) is 6.07 Å². The Morgan fingerprint density at radius 3 is 2.68 bits per heavy atom. The summed E-state index contributed by atoms with van der Waals surface area (Å²) < 4.78 is 0. The van der Waals surface area contributed by atoms with Crippen LogP contribution in [-0.4, -0.2) is 22.0 Å². The molecule has 0 saturated carbocycles. The number of non-ortho nitro benzene ring substituents is 1. The van der Waals surface area contributed by atoms with Crippen molar-refractivity contribution < 1.29 is 14.8 Å². The number of nitro benzene ring substituents is 1. The van der Waals surface area contributed by atoms with Crippen LogP contribution in [0.25, 0.3) is 0 Å². The van der Waals surface area contributed by atoms with Crippen LogP contribution in [0.15, 0.2) is 41.0 Å². The van der Waals surface area contributed by atoms with Crippen LogP contribution in [0.3, 0.4) is 0 Å². The molecule has 2 atom stereocenters. The molecule has 2 N–H and O–H groups in total. The van der Waals surface area contributed by atoms with Crippen molar-refractivity contribution in [2.45, 2.75) is 13.0 Å². The lowest BCUT2D eigenvalue weighted by Crippen LogP contribution is -2.30. The third-order valence-corrected chi connectivity index (χ3v) is 3.75. The number of nitro groups is 1. The minimum Gasteiger partial charge on any atom is -0.388 e. The Hall–Kier alpha value is -1.89. The van der Waals surface area contributed by atoms with Crippen LogP contribution in [0.4, 0.5) is 11.4 Å². The van der Waals surface area contributed by atoms with E-state index in [1.165, 1.54) is 18.2 Å². The SMILES string of the molecule is C[C@@H]1C=C(Cl)C=C(C(=O)Nc2ccc([N+](=O)[O-])cc2Cl)C1O. The Kier molecular flexibility index (Phi) is 4.85. The summed E-state index contributed by atoms with van der Waals surface area (Å²) in [6.45, 7) is 1.73. The Balaban J connectivity index is 2.22. The van der Waals surface area contributed by atoms with Crippen molar-refractivity contribution in [1.29, 1.82) is 0 Å². The van der Waals surface area contributed by atoms with E-state index in [1.807, 2.05) is 0 Å². The molecule has 1 aliphatic carbocycles. The smallest absolute Gasteiger partial charge is 0.271 e. The molecule has 1 aromatic carbocycles. The van der Waals surface area contributed by atoms with E-state index in [2.05, 4.69) is 5.32 Å². The van der Waals surface area contributed by atoms with Gasteiger partial charge in [0.15, 0.2) is 0 Å². The van der Waals surface area contributed by atoms with Gasteiger partial charge in [-0.05, 0) is 12.1 Å². The highest BCUT2D eigenvalue weighted by Gasteiger charge is 2.27. The predicted molar refractivity (Wildman–Crippen MR) is 83.9 cm³/mol. The zero-order valence-electron chi connectivity index (χ0n) is 11.4. The van der Waals surface area contributed by atoms with Crippen molar-refractivity contribution in [2.75, 3.05) is 5.32 Å². The number of hydrogen-bond donors (Lipinski definition) is 2. The number of nitrogens with one attached hydrogen (secondary N) is 1. The minimum atomic E-state index is -0.987. The van der Waals surface area contributed by atoms with Crippen LogP contribution in [0.5, 0.6) is 0 Å². The zero-order chi connectivity index (χ0) is 16.4. The lowest BCUT2D eigenvalue weighted by Gasteiger charge is -2.22. The second-order valence-corrected chi connectivity index (χ2v) is 5.67. The summed E-state index contributed by atoms with van der Waals surface area (Å²) >= 11 is 11.8. The van der Waals surface area contributed by atoms with Crippen molar-refractivity contribution >= 4 is 40.5 Å². The van der Waals surface area contributed by atoms with E-state index < -0.39 is 16.9 Å². The molecule has 1 amide bonds. The number of carbonyl (C=O) groups is 1. The van der Waals surface area contributed by atoms with E-state index in [1.54, 1.807) is 13.0 Å². The van der Waals surface area contributed by atoms with E-state index in [-0.39, 0.29) is 27.9 Å². The van der Waals surface area contributed by atoms with Crippen molar-refractivity contribution in [3.05, 3.63) is 56.1 Å². The molecule has 6 nitrogen and oxygen atoms in total. The number of aliphatic hydroxyl groups excluding tert-OH is 1. The number of hydrogen-bond acceptors (Lipinski definition) is 4. The molecule has 1 aromatic rings. The van der Waals surface area contributed by atoms with Gasteiger partial charge in [0.25, 0.3) is 11.6 Å². The summed E-state index contributed by atoms with van der Waals surface area (Å²) in [7, 11) is 0. The second kappa shape index (κ2) is 6.48. The number of nitrogens with zero attached hydrogens (tertiary/aromatic N) is 1. The standard InChI is InChI=1S/C14H12Cl2N2O4/c1-7-4-8(15)5-10(13(7)19)14(20)17-12-3-2-9(18(21)22)6-11(12)16/h2-7,13,19H,1H3,(H,17,20)/t7-,13?/m1/s1. The molecule has 0 saturated heterocycles. The Morgan fingerprint density at radius 1 is 1.41 bits per heavy atom. The third kappa shape index (κ3) is 3.47. The predicted octanol–water partition coefficient (Wildman–Crippen LogP) is 3.25. The molecule has 0 aromatic heterocycles. The highest BCUT2D eigenvalue weighted by atomic mass is 35.5. The van der Waals surface area contributed by atoms with Crippen LogP contribution in [0, 0.1) is 16.0 Å². The van der Waals surface area contributed by atoms with Crippen LogP contribution in [-0.2, 0) is 4.79 Å². The third-order valence-electron chi connectivity index (χ3n) is 3.21. The maximum atomic E-state index is 12.2. The van der Waals surface area contributed by atoms with Crippen molar-refractivity contribution in [1.82, 2.24) is 0 Å².